The van der Waals surface area contributed by atoms with Crippen LogP contribution >= 0.6 is 56.2 Å². The minimum atomic E-state index is -0.422. The van der Waals surface area contributed by atoms with E-state index >= 15 is 0 Å². The predicted octanol–water partition coefficient (Wildman–Crippen LogP) is 9.91. The maximum Gasteiger partial charge on any atom is 0.206 e. The van der Waals surface area contributed by atoms with Crippen LogP contribution in [0.4, 0.5) is 31.1 Å². The maximum atomic E-state index is 13.8. The van der Waals surface area contributed by atoms with E-state index in [1.54, 1.807) is 38.1 Å². The highest BCUT2D eigenvalue weighted by Gasteiger charge is 2.24. The first kappa shape index (κ1) is 52.2. The third kappa shape index (κ3) is 16.0. The molecule has 3 atom stereocenters. The van der Waals surface area contributed by atoms with Crippen molar-refractivity contribution in [2.45, 2.75) is 52.7 Å². The second-order valence-electron chi connectivity index (χ2n) is 15.3. The van der Waals surface area contributed by atoms with Crippen LogP contribution in [0.3, 0.4) is 0 Å². The molecular formula is C47H56ClF2N8O4PS3. The van der Waals surface area contributed by atoms with E-state index in [1.165, 1.54) is 23.9 Å². The number of ketones is 2. The Balaban J connectivity index is 0.000000204. The van der Waals surface area contributed by atoms with Gasteiger partial charge < -0.3 is 31.6 Å². The number of likely N-dealkylation sites (tertiary alicyclic amines) is 2. The van der Waals surface area contributed by atoms with Crippen LogP contribution in [0, 0.1) is 25.5 Å². The average Bonchev–Trinajstić information content (AvgIpc) is 4.06. The van der Waals surface area contributed by atoms with Crippen molar-refractivity contribution in [3.05, 3.63) is 124 Å². The summed E-state index contributed by atoms with van der Waals surface area (Å²) >= 11 is 13.0. The van der Waals surface area contributed by atoms with Crippen molar-refractivity contribution in [3.63, 3.8) is 0 Å². The van der Waals surface area contributed by atoms with E-state index in [9.17, 15) is 18.4 Å². The van der Waals surface area contributed by atoms with Gasteiger partial charge >= 0.3 is 0 Å². The second-order valence-corrected chi connectivity index (χ2v) is 18.9. The summed E-state index contributed by atoms with van der Waals surface area (Å²) in [5, 5.41) is 7.53. The number of thiazole rings is 1. The Morgan fingerprint density at radius 1 is 0.879 bits per heavy atom. The van der Waals surface area contributed by atoms with Crippen LogP contribution in [0.2, 0.25) is 0 Å². The zero-order chi connectivity index (χ0) is 47.8. The number of aliphatic imine (C=N–C) groups is 1. The Kier molecular flexibility index (Phi) is 20.6. The number of hydrogen-bond donors (Lipinski definition) is 4. The minimum Gasteiger partial charge on any atom is -0.489 e. The van der Waals surface area contributed by atoms with Crippen molar-refractivity contribution in [1.82, 2.24) is 14.8 Å². The molecule has 6 N–H and O–H groups in total. The van der Waals surface area contributed by atoms with Crippen molar-refractivity contribution in [2.75, 3.05) is 67.0 Å². The van der Waals surface area contributed by atoms with Gasteiger partial charge in [-0.25, -0.2) is 13.8 Å². The maximum absolute atomic E-state index is 13.8. The summed E-state index contributed by atoms with van der Waals surface area (Å²) in [6.45, 7) is 13.9. The molecule has 0 saturated carbocycles. The number of thiocarbonyl (C=S) groups is 1. The van der Waals surface area contributed by atoms with Crippen LogP contribution in [0.5, 0.6) is 11.5 Å². The van der Waals surface area contributed by atoms with Crippen LogP contribution in [-0.4, -0.2) is 99.5 Å². The first-order valence-electron chi connectivity index (χ1n) is 21.3. The van der Waals surface area contributed by atoms with E-state index < -0.39 is 5.82 Å². The number of aromatic nitrogens is 1. The molecule has 3 heterocycles. The number of benzene rings is 4. The fourth-order valence-electron chi connectivity index (χ4n) is 6.73. The van der Waals surface area contributed by atoms with Crippen molar-refractivity contribution >= 4 is 100 Å². The number of halogens is 3. The normalized spacial score (nSPS) is 16.1. The summed E-state index contributed by atoms with van der Waals surface area (Å²) in [5.41, 5.74) is 15.7. The summed E-state index contributed by atoms with van der Waals surface area (Å²) in [5.74, 6) is 0.331. The van der Waals surface area contributed by atoms with E-state index in [0.29, 0.717) is 32.1 Å². The smallest absolute Gasteiger partial charge is 0.206 e. The quantitative estimate of drug-likeness (QED) is 0.0208. The van der Waals surface area contributed by atoms with Crippen LogP contribution in [0.25, 0.3) is 0 Å². The number of likely N-dealkylation sites (N-methyl/N-ethyl adjacent to an activating group) is 2. The van der Waals surface area contributed by atoms with Crippen molar-refractivity contribution in [3.8, 4) is 11.5 Å². The second kappa shape index (κ2) is 26.0. The number of thioether (sulfide) groups is 1. The fraction of sp³-hybridized carbons (Fsp3) is 0.340. The summed E-state index contributed by atoms with van der Waals surface area (Å²) < 4.78 is 38.8. The molecule has 7 rings (SSSR count). The number of carbonyl (C=O) groups is 2. The largest absolute Gasteiger partial charge is 0.489 e. The number of nitrogens with two attached hydrogens (primary N) is 2. The molecule has 0 radical (unpaired) electrons. The van der Waals surface area contributed by atoms with Crippen molar-refractivity contribution in [2.24, 2.45) is 10.7 Å². The monoisotopic (exact) mass is 996 g/mol. The van der Waals surface area contributed by atoms with Crippen molar-refractivity contribution < 1.29 is 27.8 Å². The zero-order valence-corrected chi connectivity index (χ0v) is 41.7. The molecule has 2 saturated heterocycles. The molecular weight excluding hydrogens is 941 g/mol. The Hall–Kier alpha value is -4.74. The van der Waals surface area contributed by atoms with Gasteiger partial charge in [-0.1, -0.05) is 61.2 Å². The number of hydrogen-bond acceptors (Lipinski definition) is 12. The molecule has 0 aliphatic carbocycles. The van der Waals surface area contributed by atoms with Gasteiger partial charge in [0.15, 0.2) is 21.2 Å². The number of carbonyl (C=O) groups excluding carboxylic acids is 2. The Morgan fingerprint density at radius 3 is 1.88 bits per heavy atom. The van der Waals surface area contributed by atoms with Crippen LogP contribution < -0.4 is 31.6 Å². The number of amidine groups is 1. The topological polar surface area (TPSA) is 160 Å². The number of ether oxygens (including phenoxy) is 2. The lowest BCUT2D eigenvalue weighted by Gasteiger charge is -2.15. The van der Waals surface area contributed by atoms with Gasteiger partial charge in [0.25, 0.3) is 0 Å². The molecule has 2 aliphatic rings. The fourth-order valence-corrected chi connectivity index (χ4v) is 8.86. The van der Waals surface area contributed by atoms with Gasteiger partial charge in [-0.15, -0.1) is 20.8 Å². The van der Waals surface area contributed by atoms with Gasteiger partial charge in [0.1, 0.15) is 46.0 Å². The molecule has 1 aromatic heterocycles. The molecule has 2 fully saturated rings. The lowest BCUT2D eigenvalue weighted by Crippen LogP contribution is -2.24. The molecule has 352 valence electrons. The molecule has 66 heavy (non-hydrogen) atoms. The average molecular weight is 998 g/mol. The molecule has 19 heteroatoms. The number of anilines is 4. The highest BCUT2D eigenvalue weighted by Crippen LogP contribution is 2.31. The lowest BCUT2D eigenvalue weighted by molar-refractivity contribution is 0.101. The van der Waals surface area contributed by atoms with Gasteiger partial charge in [0.05, 0.1) is 5.88 Å². The van der Waals surface area contributed by atoms with Gasteiger partial charge in [0.2, 0.25) is 5.78 Å². The molecule has 0 amide bonds. The first-order valence-corrected chi connectivity index (χ1v) is 24.9. The standard InChI is InChI=1S/C23H25FN4O2S.C15H23N4OPS2.C9H8ClFO/c1-3-28-11-10-18(13-28)30-17-8-6-16(7-9-17)26-23-27-22(25)21(31-23)20(29)15-5-4-14(2)19(24)12-15;1-2-19-8-7-13(9-19)20-12-5-3-11(4-6-12)17-15(22)18-14(16)23-10-21;1-6-2-3-7(4-8(6)11)9(12)5-10/h4-9,12,18H,3,10-11,13,25H2,1-2H3,(H,26,27);3-6,13H,2,7-10,21H2,1H3,(H3,16,17,18,22);2-4H,5H2,1H3. The first-order chi connectivity index (χ1) is 31.7. The van der Waals surface area contributed by atoms with Gasteiger partial charge in [0, 0.05) is 54.2 Å². The Labute approximate surface area is 406 Å². The zero-order valence-electron chi connectivity index (χ0n) is 37.3. The summed E-state index contributed by atoms with van der Waals surface area (Å²) in [6.07, 6.45) is 2.62. The lowest BCUT2D eigenvalue weighted by atomic mass is 10.1. The highest BCUT2D eigenvalue weighted by atomic mass is 35.5. The van der Waals surface area contributed by atoms with Crippen molar-refractivity contribution in [1.29, 1.82) is 0 Å². The highest BCUT2D eigenvalue weighted by molar-refractivity contribution is 8.16. The van der Waals surface area contributed by atoms with Gasteiger partial charge in [-0.2, -0.15) is 4.99 Å². The molecule has 0 spiro atoms. The van der Waals surface area contributed by atoms with Gasteiger partial charge in [-0.3, -0.25) is 19.4 Å². The Bertz CT molecular complexity index is 2450. The number of rotatable bonds is 14. The molecule has 3 unspecified atom stereocenters. The molecule has 4 aromatic carbocycles. The van der Waals surface area contributed by atoms with E-state index in [1.807, 2.05) is 48.5 Å². The van der Waals surface area contributed by atoms with E-state index in [0.717, 1.165) is 91.8 Å². The minimum absolute atomic E-state index is 0.109. The number of Topliss-reactive ketones (excluding diaryl/α,β-unsaturated/α-hetero) is 1. The summed E-state index contributed by atoms with van der Waals surface area (Å²) in [6, 6.07) is 24.1. The predicted molar refractivity (Wildman–Crippen MR) is 276 cm³/mol. The Morgan fingerprint density at radius 2 is 1.39 bits per heavy atom. The van der Waals surface area contributed by atoms with Gasteiger partial charge in [-0.05, 0) is 124 Å². The number of alkyl halides is 1. The molecule has 5 aromatic rings. The molecule has 0 bridgehead atoms. The summed E-state index contributed by atoms with van der Waals surface area (Å²) in [4.78, 5) is 37.1. The number of nitrogens with one attached hydrogen (secondary N) is 2. The number of nitrogen functional groups attached to an aromatic ring is 1. The van der Waals surface area contributed by atoms with Crippen LogP contribution in [0.15, 0.2) is 89.9 Å². The SMILES string of the molecule is CCN1CCC(Oc2ccc(NC(=S)N=C(N)SCP)cc2)C1.CCN1CCC(Oc2ccc(Nc3nc(N)c(C(=O)c4ccc(C)c(F)c4)s3)cc2)C1.Cc1ccc(C(=O)CCl)cc1F. The molecule has 12 nitrogen and oxygen atoms in total. The number of nitrogens with zero attached hydrogens (tertiary/aromatic N) is 4. The van der Waals surface area contributed by atoms with E-state index in [-0.39, 0.29) is 51.7 Å². The molecule has 2 aliphatic heterocycles. The van der Waals surface area contributed by atoms with E-state index in [2.05, 4.69) is 53.5 Å². The third-order valence-electron chi connectivity index (χ3n) is 10.5. The number of aryl methyl sites for hydroxylation is 2. The third-order valence-corrected chi connectivity index (χ3v) is 13.0. The van der Waals surface area contributed by atoms with Crippen LogP contribution in [-0.2, 0) is 0 Å². The van der Waals surface area contributed by atoms with Crippen LogP contribution in [0.1, 0.15) is 63.4 Å². The summed E-state index contributed by atoms with van der Waals surface area (Å²) in [7, 11) is 2.58. The van der Waals surface area contributed by atoms with E-state index in [4.69, 9.17) is 44.8 Å².